The lowest BCUT2D eigenvalue weighted by Gasteiger charge is -2.10. The van der Waals surface area contributed by atoms with Crippen LogP contribution in [-0.4, -0.2) is 23.8 Å². The van der Waals surface area contributed by atoms with Crippen molar-refractivity contribution in [3.8, 4) is 0 Å². The van der Waals surface area contributed by atoms with E-state index in [1.807, 2.05) is 0 Å². The zero-order chi connectivity index (χ0) is 14.5. The predicted molar refractivity (Wildman–Crippen MR) is 87.5 cm³/mol. The van der Waals surface area contributed by atoms with Crippen LogP contribution in [0, 0.1) is 0 Å². The van der Waals surface area contributed by atoms with Crippen LogP contribution < -0.4 is 5.32 Å². The summed E-state index contributed by atoms with van der Waals surface area (Å²) < 4.78 is 8.15. The Morgan fingerprint density at radius 1 is 1.33 bits per heavy atom. The molecule has 0 spiro atoms. The smallest absolute Gasteiger partial charge is 0.0593 e. The third-order valence-electron chi connectivity index (χ3n) is 4.33. The predicted octanol–water partition coefficient (Wildman–Crippen LogP) is 3.71. The van der Waals surface area contributed by atoms with Crippen LogP contribution in [0.4, 0.5) is 0 Å². The fourth-order valence-corrected chi connectivity index (χ4v) is 3.20. The normalized spacial score (nSPS) is 18.6. The first-order chi connectivity index (χ1) is 10.4. The maximum Gasteiger partial charge on any atom is 0.0593 e. The molecular formula is C18H26N2O. The molecule has 1 atom stereocenters. The summed E-state index contributed by atoms with van der Waals surface area (Å²) in [5.41, 5.74) is 2.76. The Kier molecular flexibility index (Phi) is 4.94. The van der Waals surface area contributed by atoms with Gasteiger partial charge in [-0.2, -0.15) is 0 Å². The molecule has 114 valence electrons. The number of hydrogen-bond acceptors (Lipinski definition) is 2. The molecule has 0 saturated carbocycles. The van der Waals surface area contributed by atoms with Crippen LogP contribution in [0.15, 0.2) is 30.5 Å². The van der Waals surface area contributed by atoms with E-state index in [2.05, 4.69) is 47.3 Å². The summed E-state index contributed by atoms with van der Waals surface area (Å²) in [6, 6.07) is 8.74. The van der Waals surface area contributed by atoms with Crippen molar-refractivity contribution >= 4 is 10.9 Å². The SMILES string of the molecule is CCCNCc1cn(CCC2CCCO2)c2ccccc12. The van der Waals surface area contributed by atoms with Crippen molar-refractivity contribution in [3.05, 3.63) is 36.0 Å². The molecule has 0 bridgehead atoms. The van der Waals surface area contributed by atoms with E-state index in [4.69, 9.17) is 4.74 Å². The van der Waals surface area contributed by atoms with Gasteiger partial charge in [0.2, 0.25) is 0 Å². The van der Waals surface area contributed by atoms with Gasteiger partial charge in [-0.3, -0.25) is 0 Å². The lowest BCUT2D eigenvalue weighted by atomic mass is 10.1. The van der Waals surface area contributed by atoms with Crippen molar-refractivity contribution in [2.75, 3.05) is 13.2 Å². The quantitative estimate of drug-likeness (QED) is 0.785. The van der Waals surface area contributed by atoms with Gasteiger partial charge in [0.25, 0.3) is 0 Å². The Morgan fingerprint density at radius 2 is 2.24 bits per heavy atom. The minimum atomic E-state index is 0.466. The maximum absolute atomic E-state index is 5.75. The average molecular weight is 286 g/mol. The molecule has 0 radical (unpaired) electrons. The molecule has 1 aromatic carbocycles. The second-order valence-corrected chi connectivity index (χ2v) is 5.97. The lowest BCUT2D eigenvalue weighted by Crippen LogP contribution is -2.13. The van der Waals surface area contributed by atoms with E-state index in [1.54, 1.807) is 0 Å². The first-order valence-corrected chi connectivity index (χ1v) is 8.27. The van der Waals surface area contributed by atoms with Crippen LogP contribution in [0.5, 0.6) is 0 Å². The van der Waals surface area contributed by atoms with E-state index in [-0.39, 0.29) is 0 Å². The number of aromatic nitrogens is 1. The Balaban J connectivity index is 1.74. The van der Waals surface area contributed by atoms with Crippen LogP contribution in [0.25, 0.3) is 10.9 Å². The Labute approximate surface area is 127 Å². The van der Waals surface area contributed by atoms with E-state index < -0.39 is 0 Å². The van der Waals surface area contributed by atoms with Crippen molar-refractivity contribution in [3.63, 3.8) is 0 Å². The topological polar surface area (TPSA) is 26.2 Å². The average Bonchev–Trinajstić information content (AvgIpc) is 3.14. The van der Waals surface area contributed by atoms with Gasteiger partial charge in [-0.1, -0.05) is 25.1 Å². The van der Waals surface area contributed by atoms with E-state index in [1.165, 1.54) is 35.7 Å². The molecule has 0 amide bonds. The highest BCUT2D eigenvalue weighted by molar-refractivity contribution is 5.83. The van der Waals surface area contributed by atoms with E-state index in [0.717, 1.165) is 32.7 Å². The summed E-state index contributed by atoms with van der Waals surface area (Å²) in [7, 11) is 0. The van der Waals surface area contributed by atoms with Crippen molar-refractivity contribution in [2.24, 2.45) is 0 Å². The van der Waals surface area contributed by atoms with Crippen molar-refractivity contribution in [2.45, 2.75) is 51.8 Å². The second-order valence-electron chi connectivity index (χ2n) is 5.97. The number of ether oxygens (including phenoxy) is 1. The van der Waals surface area contributed by atoms with Crippen LogP contribution in [0.2, 0.25) is 0 Å². The molecule has 1 aliphatic rings. The standard InChI is InChI=1S/C18H26N2O/c1-2-10-19-13-15-14-20(11-9-16-6-5-12-21-16)18-8-4-3-7-17(15)18/h3-4,7-8,14,16,19H,2,5-6,9-13H2,1H3. The van der Waals surface area contributed by atoms with Crippen molar-refractivity contribution in [1.82, 2.24) is 9.88 Å². The Hall–Kier alpha value is -1.32. The summed E-state index contributed by atoms with van der Waals surface area (Å²) in [4.78, 5) is 0. The molecule has 3 rings (SSSR count). The number of fused-ring (bicyclic) bond motifs is 1. The molecule has 2 heterocycles. The van der Waals surface area contributed by atoms with Gasteiger partial charge in [0.05, 0.1) is 6.10 Å². The molecule has 1 fully saturated rings. The van der Waals surface area contributed by atoms with E-state index in [0.29, 0.717) is 6.10 Å². The number of benzene rings is 1. The molecule has 3 nitrogen and oxygen atoms in total. The monoisotopic (exact) mass is 286 g/mol. The molecule has 1 saturated heterocycles. The number of hydrogen-bond donors (Lipinski definition) is 1. The fraction of sp³-hybridized carbons (Fsp3) is 0.556. The third-order valence-corrected chi connectivity index (χ3v) is 4.33. The van der Waals surface area contributed by atoms with Gasteiger partial charge in [0.1, 0.15) is 0 Å². The van der Waals surface area contributed by atoms with Crippen LogP contribution >= 0.6 is 0 Å². The highest BCUT2D eigenvalue weighted by Crippen LogP contribution is 2.23. The first kappa shape index (κ1) is 14.6. The minimum absolute atomic E-state index is 0.466. The number of nitrogens with one attached hydrogen (secondary N) is 1. The number of para-hydroxylation sites is 1. The summed E-state index contributed by atoms with van der Waals surface area (Å²) >= 11 is 0. The molecule has 1 unspecified atom stereocenters. The Morgan fingerprint density at radius 3 is 3.05 bits per heavy atom. The number of aryl methyl sites for hydroxylation is 1. The molecule has 3 heteroatoms. The van der Waals surface area contributed by atoms with Gasteiger partial charge in [-0.25, -0.2) is 0 Å². The highest BCUT2D eigenvalue weighted by atomic mass is 16.5. The van der Waals surface area contributed by atoms with Gasteiger partial charge in [0.15, 0.2) is 0 Å². The molecule has 1 aromatic heterocycles. The zero-order valence-electron chi connectivity index (χ0n) is 13.0. The van der Waals surface area contributed by atoms with Crippen molar-refractivity contribution in [1.29, 1.82) is 0 Å². The second kappa shape index (κ2) is 7.10. The molecule has 0 aliphatic carbocycles. The number of rotatable bonds is 7. The van der Waals surface area contributed by atoms with Crippen LogP contribution in [0.3, 0.4) is 0 Å². The molecule has 1 N–H and O–H groups in total. The summed E-state index contributed by atoms with van der Waals surface area (Å²) in [6.45, 7) is 6.25. The highest BCUT2D eigenvalue weighted by Gasteiger charge is 2.16. The molecular weight excluding hydrogens is 260 g/mol. The third kappa shape index (κ3) is 3.47. The van der Waals surface area contributed by atoms with Gasteiger partial charge >= 0.3 is 0 Å². The minimum Gasteiger partial charge on any atom is -0.378 e. The van der Waals surface area contributed by atoms with Gasteiger partial charge in [-0.15, -0.1) is 0 Å². The summed E-state index contributed by atoms with van der Waals surface area (Å²) in [5, 5.41) is 4.90. The zero-order valence-corrected chi connectivity index (χ0v) is 13.0. The maximum atomic E-state index is 5.75. The first-order valence-electron chi connectivity index (χ1n) is 8.27. The summed E-state index contributed by atoms with van der Waals surface area (Å²) in [6.07, 6.45) is 7.54. The molecule has 2 aromatic rings. The Bertz CT molecular complexity index is 570. The van der Waals surface area contributed by atoms with E-state index in [9.17, 15) is 0 Å². The lowest BCUT2D eigenvalue weighted by molar-refractivity contribution is 0.101. The van der Waals surface area contributed by atoms with Crippen molar-refractivity contribution < 1.29 is 4.74 Å². The van der Waals surface area contributed by atoms with E-state index >= 15 is 0 Å². The van der Waals surface area contributed by atoms with Gasteiger partial charge in [-0.05, 0) is 43.9 Å². The van der Waals surface area contributed by atoms with Gasteiger partial charge < -0.3 is 14.6 Å². The largest absolute Gasteiger partial charge is 0.378 e. The van der Waals surface area contributed by atoms with Gasteiger partial charge in [0, 0.05) is 36.8 Å². The fourth-order valence-electron chi connectivity index (χ4n) is 3.20. The molecule has 1 aliphatic heterocycles. The molecule has 21 heavy (non-hydrogen) atoms. The van der Waals surface area contributed by atoms with Crippen LogP contribution in [-0.2, 0) is 17.8 Å². The summed E-state index contributed by atoms with van der Waals surface area (Å²) in [5.74, 6) is 0. The van der Waals surface area contributed by atoms with Crippen LogP contribution in [0.1, 0.15) is 38.2 Å². The number of nitrogens with zero attached hydrogens (tertiary/aromatic N) is 1.